The van der Waals surface area contributed by atoms with Crippen molar-refractivity contribution in [1.82, 2.24) is 0 Å². The van der Waals surface area contributed by atoms with Gasteiger partial charge in [0.1, 0.15) is 30.2 Å². The zero-order valence-corrected chi connectivity index (χ0v) is 42.7. The lowest BCUT2D eigenvalue weighted by Crippen LogP contribution is -2.32. The van der Waals surface area contributed by atoms with Crippen LogP contribution in [0.3, 0.4) is 0 Å². The van der Waals surface area contributed by atoms with Gasteiger partial charge in [0.25, 0.3) is 0 Å². The molecular weight excluding hydrogens is 905 g/mol. The Kier molecular flexibility index (Phi) is 57.5. The molecule has 0 bridgehead atoms. The Labute approximate surface area is 419 Å². The summed E-state index contributed by atoms with van der Waals surface area (Å²) in [5.41, 5.74) is 36.1. The molecule has 0 aromatic carbocycles. The molecule has 0 fully saturated rings. The van der Waals surface area contributed by atoms with Gasteiger partial charge in [-0.05, 0) is 110 Å². The third kappa shape index (κ3) is 59.6. The Bertz CT molecular complexity index is 1450. The average molecular weight is 1010 g/mol. The highest BCUT2D eigenvalue weighted by Crippen LogP contribution is 2.09. The van der Waals surface area contributed by atoms with E-state index in [1.54, 1.807) is 0 Å². The Hall–Kier alpha value is -4.51. The highest BCUT2D eigenvalue weighted by molar-refractivity contribution is 5.83. The summed E-state index contributed by atoms with van der Waals surface area (Å²) in [6, 6.07) is -3.93. The van der Waals surface area contributed by atoms with Crippen molar-refractivity contribution in [3.8, 4) is 0 Å². The first-order valence-corrected chi connectivity index (χ1v) is 24.4. The van der Waals surface area contributed by atoms with Crippen molar-refractivity contribution >= 4 is 52.7 Å². The molecule has 0 radical (unpaired) electrons. The molecule has 0 saturated heterocycles. The minimum absolute atomic E-state index is 0. The number of unbranched alkanes of at least 4 members (excludes halogenated alkanes) is 4. The average Bonchev–Trinajstić information content (AvgIpc) is 3.27. The lowest BCUT2D eigenvalue weighted by Gasteiger charge is -2.12. The zero-order valence-electron chi connectivity index (χ0n) is 42.7. The largest absolute Gasteiger partial charge is 0.480 e. The fourth-order valence-electron chi connectivity index (χ4n) is 5.61. The minimum Gasteiger partial charge on any atom is -0.480 e. The summed E-state index contributed by atoms with van der Waals surface area (Å²) in [6.45, 7) is 14.5. The normalized spacial score (nSPS) is 12.7. The van der Waals surface area contributed by atoms with E-state index >= 15 is 0 Å². The first-order chi connectivity index (χ1) is 32.2. The van der Waals surface area contributed by atoms with E-state index in [0.717, 1.165) is 120 Å². The lowest BCUT2D eigenvalue weighted by atomic mass is 10.0. The van der Waals surface area contributed by atoms with Gasteiger partial charge in [-0.15, -0.1) is 6.58 Å². The summed E-state index contributed by atoms with van der Waals surface area (Å²) < 4.78 is 5.19. The van der Waals surface area contributed by atoms with E-state index in [1.807, 2.05) is 27.7 Å². The van der Waals surface area contributed by atoms with Gasteiger partial charge in [0, 0.05) is 41.9 Å². The van der Waals surface area contributed by atoms with E-state index in [4.69, 9.17) is 86.3 Å². The van der Waals surface area contributed by atoms with Crippen molar-refractivity contribution in [1.29, 1.82) is 21.6 Å². The Morgan fingerprint density at radius 3 is 1.20 bits per heavy atom. The van der Waals surface area contributed by atoms with Crippen LogP contribution in [0.5, 0.6) is 0 Å². The van der Waals surface area contributed by atoms with Crippen LogP contribution in [0.25, 0.3) is 0 Å². The highest BCUT2D eigenvalue weighted by atomic mass is 16.5. The number of hydrogen-bond acceptors (Lipinski definition) is 16. The molecule has 0 aliphatic rings. The molecule has 0 aromatic heterocycles. The van der Waals surface area contributed by atoms with Crippen molar-refractivity contribution in [3.05, 3.63) is 12.2 Å². The first-order valence-electron chi connectivity index (χ1n) is 24.4. The van der Waals surface area contributed by atoms with Gasteiger partial charge in [0.15, 0.2) is 0 Å². The van der Waals surface area contributed by atoms with Gasteiger partial charge in [0.05, 0.1) is 6.61 Å². The van der Waals surface area contributed by atoms with Crippen LogP contribution >= 0.6 is 0 Å². The maximum absolute atomic E-state index is 10.4. The van der Waals surface area contributed by atoms with Gasteiger partial charge in [-0.2, -0.15) is 0 Å². The minimum atomic E-state index is -1.00. The van der Waals surface area contributed by atoms with E-state index < -0.39 is 60.1 Å². The standard InChI is InChI=1S/C11H22N2O2.C10H20N2O3.C10H20N2O2.C9H18N2O2.C8H16N2O2.CH4/c1-2-9(12)7-5-3-4-6-8-10(13)11(14)15;1-2-3-8(11)4-6-15-7-5-9(12)10(13)14;1-2-5-8(11)6-3-4-7-9(12)10(13)14;1-6(2)5-7(10)3-4-8(11)9(12)13;1-2-3-6(9)4-5-7(10)8(11)12;/h10,12H,2-8,13H2,1H3,(H,14,15);9,11H,2-7,12H2,1H3,(H,13,14);9,11H,2-7,12H2,1H3,(H,13,14);7-8H,1,3-5,10-11H2,2H3,(H,12,13);7,9H,2-5,10H2,1H3,(H,11,12);1H4. The molecule has 0 aromatic rings. The number of carboxylic acids is 5. The van der Waals surface area contributed by atoms with Crippen LogP contribution in [0, 0.1) is 21.6 Å². The fraction of sp³-hybridized carbons (Fsp3) is 0.776. The van der Waals surface area contributed by atoms with E-state index in [-0.39, 0.29) is 13.5 Å². The second kappa shape index (κ2) is 52.3. The van der Waals surface area contributed by atoms with Crippen molar-refractivity contribution < 1.29 is 54.2 Å². The molecule has 0 saturated carbocycles. The van der Waals surface area contributed by atoms with Gasteiger partial charge in [-0.25, -0.2) is 0 Å². The van der Waals surface area contributed by atoms with E-state index in [2.05, 4.69) is 13.5 Å². The molecule has 21 nitrogen and oxygen atoms in total. The first kappa shape index (κ1) is 77.0. The molecule has 0 aliphatic heterocycles. The van der Waals surface area contributed by atoms with Gasteiger partial charge in [-0.3, -0.25) is 24.0 Å². The summed E-state index contributed by atoms with van der Waals surface area (Å²) in [6.07, 6.45) is 18.1. The maximum Gasteiger partial charge on any atom is 0.320 e. The van der Waals surface area contributed by atoms with Crippen molar-refractivity contribution in [2.45, 2.75) is 232 Å². The molecular formula is C49H100N10O11. The van der Waals surface area contributed by atoms with Crippen LogP contribution in [0.1, 0.15) is 196 Å². The van der Waals surface area contributed by atoms with Gasteiger partial charge >= 0.3 is 29.8 Å². The number of carboxylic acid groups (broad SMARTS) is 5. The van der Waals surface area contributed by atoms with E-state index in [9.17, 15) is 24.0 Å². The number of ether oxygens (including phenoxy) is 1. The second-order valence-electron chi connectivity index (χ2n) is 17.1. The number of carbonyl (C=O) groups is 5. The topological polar surface area (TPSA) is 447 Å². The number of nitrogens with two attached hydrogens (primary N) is 6. The highest BCUT2D eigenvalue weighted by Gasteiger charge is 2.15. The predicted octanol–water partition coefficient (Wildman–Crippen LogP) is 7.07. The molecule has 0 spiro atoms. The quantitative estimate of drug-likeness (QED) is 0.0167. The fourth-order valence-corrected chi connectivity index (χ4v) is 5.61. The van der Waals surface area contributed by atoms with Crippen molar-refractivity contribution in [2.75, 3.05) is 13.2 Å². The molecule has 0 amide bonds. The Morgan fingerprint density at radius 1 is 0.443 bits per heavy atom. The summed E-state index contributed by atoms with van der Waals surface area (Å²) >= 11 is 0. The van der Waals surface area contributed by atoms with Crippen molar-refractivity contribution in [3.63, 3.8) is 0 Å². The molecule has 0 aliphatic carbocycles. The van der Waals surface area contributed by atoms with Gasteiger partial charge in [0.2, 0.25) is 0 Å². The van der Waals surface area contributed by atoms with Crippen LogP contribution in [0.15, 0.2) is 12.2 Å². The zero-order chi connectivity index (χ0) is 54.3. The number of hydrogen-bond donors (Lipinski definition) is 15. The van der Waals surface area contributed by atoms with Crippen LogP contribution in [-0.4, -0.2) is 128 Å². The van der Waals surface area contributed by atoms with Crippen LogP contribution in [0.4, 0.5) is 0 Å². The second-order valence-corrected chi connectivity index (χ2v) is 17.1. The monoisotopic (exact) mass is 1000 g/mol. The maximum atomic E-state index is 10.4. The molecule has 412 valence electrons. The molecule has 21 heteroatoms. The third-order valence-corrected chi connectivity index (χ3v) is 9.99. The third-order valence-electron chi connectivity index (χ3n) is 9.99. The summed E-state index contributed by atoms with van der Waals surface area (Å²) in [5, 5.41) is 72.3. The van der Waals surface area contributed by atoms with Gasteiger partial charge in [-0.1, -0.05) is 85.6 Å². The lowest BCUT2D eigenvalue weighted by molar-refractivity contribution is -0.139. The van der Waals surface area contributed by atoms with Crippen LogP contribution < -0.4 is 34.4 Å². The predicted molar refractivity (Wildman–Crippen MR) is 283 cm³/mol. The molecule has 0 rings (SSSR count). The van der Waals surface area contributed by atoms with E-state index in [1.165, 1.54) is 0 Å². The summed E-state index contributed by atoms with van der Waals surface area (Å²) in [5.74, 6) is -4.81. The molecule has 70 heavy (non-hydrogen) atoms. The van der Waals surface area contributed by atoms with Crippen LogP contribution in [-0.2, 0) is 28.7 Å². The molecule has 0 heterocycles. The number of nitrogens with one attached hydrogen (secondary N) is 4. The molecule has 21 N–H and O–H groups in total. The molecule has 6 unspecified atom stereocenters. The summed E-state index contributed by atoms with van der Waals surface area (Å²) in [7, 11) is 0. The number of rotatable bonds is 38. The van der Waals surface area contributed by atoms with Crippen molar-refractivity contribution in [2.24, 2.45) is 34.4 Å². The molecule has 6 atom stereocenters. The SMILES string of the molecule is C.C=C(C)CC(N)CCC(N)C(=O)O.CCC(=N)CCCCCCC(N)C(=O)O.CCCC(=N)CCC(N)C(=O)O.CCCC(=N)CCCCC(N)C(=O)O.CCCC(=N)CCOCCC(N)C(=O)O. The Morgan fingerprint density at radius 2 is 0.786 bits per heavy atom. The Balaban J connectivity index is -0.000000183. The van der Waals surface area contributed by atoms with Gasteiger partial charge < -0.3 is 86.3 Å². The van der Waals surface area contributed by atoms with E-state index in [0.29, 0.717) is 76.0 Å². The van der Waals surface area contributed by atoms with Crippen LogP contribution in [0.2, 0.25) is 0 Å². The summed E-state index contributed by atoms with van der Waals surface area (Å²) in [4.78, 5) is 51.7. The number of aliphatic carboxylic acids is 5. The smallest absolute Gasteiger partial charge is 0.320 e.